The topological polar surface area (TPSA) is 80.5 Å². The molecule has 32 heavy (non-hydrogen) atoms. The van der Waals surface area contributed by atoms with Crippen LogP contribution in [0.5, 0.6) is 5.75 Å². The second-order valence-electron chi connectivity index (χ2n) is 8.23. The first-order chi connectivity index (χ1) is 15.6. The van der Waals surface area contributed by atoms with E-state index in [0.717, 1.165) is 48.4 Å². The number of nitrogens with one attached hydrogen (secondary N) is 1. The highest BCUT2D eigenvalue weighted by atomic mass is 16.5. The molecule has 2 heterocycles. The average Bonchev–Trinajstić information content (AvgIpc) is 3.28. The molecule has 1 aromatic heterocycles. The van der Waals surface area contributed by atoms with E-state index in [4.69, 9.17) is 9.26 Å². The summed E-state index contributed by atoms with van der Waals surface area (Å²) >= 11 is 0. The van der Waals surface area contributed by atoms with E-state index in [1.807, 2.05) is 62.4 Å². The highest BCUT2D eigenvalue weighted by Gasteiger charge is 2.26. The Bertz CT molecular complexity index is 1020. The maximum Gasteiger partial charge on any atom is 0.241 e. The molecule has 168 valence electrons. The highest BCUT2D eigenvalue weighted by Crippen LogP contribution is 2.21. The second kappa shape index (κ2) is 10.4. The molecule has 3 aromatic rings. The molecular formula is C25H30N4O3. The number of aryl methyl sites for hydroxylation is 1. The summed E-state index contributed by atoms with van der Waals surface area (Å²) in [6, 6.07) is 15.9. The molecule has 1 N–H and O–H groups in total. The first-order valence-electron chi connectivity index (χ1n) is 11.2. The standard InChI is InChI=1S/C25H30N4O3/c1-3-31-22-9-7-19(8-10-22)16-26-25(30)20-11-13-29(14-12-20)17-23-27-24(28-32-23)21-6-4-5-18(2)15-21/h4-10,15,20H,3,11-14,16-17H2,1-2H3,(H,26,30). The number of aromatic nitrogens is 2. The average molecular weight is 435 g/mol. The number of hydrogen-bond donors (Lipinski definition) is 1. The summed E-state index contributed by atoms with van der Waals surface area (Å²) in [6.07, 6.45) is 1.65. The lowest BCUT2D eigenvalue weighted by Crippen LogP contribution is -2.40. The summed E-state index contributed by atoms with van der Waals surface area (Å²) in [4.78, 5) is 19.4. The number of ether oxygens (including phenoxy) is 1. The summed E-state index contributed by atoms with van der Waals surface area (Å²) in [5.74, 6) is 2.24. The van der Waals surface area contributed by atoms with Crippen molar-refractivity contribution in [3.63, 3.8) is 0 Å². The molecule has 1 fully saturated rings. The Kier molecular flexibility index (Phi) is 7.17. The fourth-order valence-corrected chi connectivity index (χ4v) is 3.97. The van der Waals surface area contributed by atoms with Crippen LogP contribution >= 0.6 is 0 Å². The summed E-state index contributed by atoms with van der Waals surface area (Å²) in [5.41, 5.74) is 3.19. The molecule has 0 bridgehead atoms. The van der Waals surface area contributed by atoms with Gasteiger partial charge in [-0.2, -0.15) is 4.98 Å². The van der Waals surface area contributed by atoms with Crippen LogP contribution in [0.25, 0.3) is 11.4 Å². The van der Waals surface area contributed by atoms with Gasteiger partial charge in [-0.15, -0.1) is 0 Å². The third-order valence-corrected chi connectivity index (χ3v) is 5.76. The largest absolute Gasteiger partial charge is 0.494 e. The number of nitrogens with zero attached hydrogens (tertiary/aromatic N) is 3. The third kappa shape index (κ3) is 5.73. The van der Waals surface area contributed by atoms with Gasteiger partial charge in [0.05, 0.1) is 13.2 Å². The molecule has 7 nitrogen and oxygen atoms in total. The van der Waals surface area contributed by atoms with E-state index in [9.17, 15) is 4.79 Å². The zero-order valence-electron chi connectivity index (χ0n) is 18.7. The van der Waals surface area contributed by atoms with Crippen molar-refractivity contribution in [3.05, 3.63) is 65.5 Å². The van der Waals surface area contributed by atoms with Gasteiger partial charge in [-0.3, -0.25) is 9.69 Å². The Hall–Kier alpha value is -3.19. The molecule has 0 aliphatic carbocycles. The van der Waals surface area contributed by atoms with Crippen LogP contribution in [0.4, 0.5) is 0 Å². The molecule has 4 rings (SSSR count). The van der Waals surface area contributed by atoms with Crippen LogP contribution in [0.15, 0.2) is 53.1 Å². The molecule has 0 saturated carbocycles. The lowest BCUT2D eigenvalue weighted by atomic mass is 9.96. The van der Waals surface area contributed by atoms with Gasteiger partial charge in [-0.1, -0.05) is 41.1 Å². The maximum absolute atomic E-state index is 12.6. The smallest absolute Gasteiger partial charge is 0.241 e. The predicted molar refractivity (Wildman–Crippen MR) is 122 cm³/mol. The van der Waals surface area contributed by atoms with Gasteiger partial charge < -0.3 is 14.6 Å². The zero-order valence-corrected chi connectivity index (χ0v) is 18.7. The fourth-order valence-electron chi connectivity index (χ4n) is 3.97. The van der Waals surface area contributed by atoms with Gasteiger partial charge in [0.1, 0.15) is 5.75 Å². The number of piperidine rings is 1. The first kappa shape index (κ1) is 22.0. The summed E-state index contributed by atoms with van der Waals surface area (Å²) in [7, 11) is 0. The van der Waals surface area contributed by atoms with Gasteiger partial charge in [0.15, 0.2) is 0 Å². The van der Waals surface area contributed by atoms with E-state index in [-0.39, 0.29) is 11.8 Å². The van der Waals surface area contributed by atoms with Crippen molar-refractivity contribution in [1.82, 2.24) is 20.4 Å². The lowest BCUT2D eigenvalue weighted by Gasteiger charge is -2.30. The molecule has 7 heteroatoms. The molecule has 0 radical (unpaired) electrons. The van der Waals surface area contributed by atoms with Crippen molar-refractivity contribution in [3.8, 4) is 17.1 Å². The van der Waals surface area contributed by atoms with Crippen molar-refractivity contribution in [2.24, 2.45) is 5.92 Å². The van der Waals surface area contributed by atoms with Crippen molar-refractivity contribution in [2.45, 2.75) is 39.8 Å². The van der Waals surface area contributed by atoms with E-state index in [1.165, 1.54) is 0 Å². The number of benzene rings is 2. The molecule has 2 aromatic carbocycles. The second-order valence-corrected chi connectivity index (χ2v) is 8.23. The van der Waals surface area contributed by atoms with Crippen LogP contribution < -0.4 is 10.1 Å². The van der Waals surface area contributed by atoms with Gasteiger partial charge >= 0.3 is 0 Å². The third-order valence-electron chi connectivity index (χ3n) is 5.76. The van der Waals surface area contributed by atoms with Crippen LogP contribution in [-0.2, 0) is 17.9 Å². The minimum Gasteiger partial charge on any atom is -0.494 e. The Morgan fingerprint density at radius 2 is 1.97 bits per heavy atom. The number of likely N-dealkylation sites (tertiary alicyclic amines) is 1. The normalized spacial score (nSPS) is 14.9. The monoisotopic (exact) mass is 434 g/mol. The Morgan fingerprint density at radius 3 is 2.69 bits per heavy atom. The summed E-state index contributed by atoms with van der Waals surface area (Å²) in [6.45, 7) is 7.48. The van der Waals surface area contributed by atoms with E-state index >= 15 is 0 Å². The van der Waals surface area contributed by atoms with Crippen molar-refractivity contribution in [1.29, 1.82) is 0 Å². The van der Waals surface area contributed by atoms with Crippen LogP contribution in [0, 0.1) is 12.8 Å². The van der Waals surface area contributed by atoms with Crippen molar-refractivity contribution in [2.75, 3.05) is 19.7 Å². The van der Waals surface area contributed by atoms with Crippen molar-refractivity contribution >= 4 is 5.91 Å². The lowest BCUT2D eigenvalue weighted by molar-refractivity contribution is -0.126. The maximum atomic E-state index is 12.6. The highest BCUT2D eigenvalue weighted by molar-refractivity contribution is 5.78. The summed E-state index contributed by atoms with van der Waals surface area (Å²) < 4.78 is 10.9. The first-order valence-corrected chi connectivity index (χ1v) is 11.2. The minimum absolute atomic E-state index is 0.0412. The molecule has 1 aliphatic rings. The van der Waals surface area contributed by atoms with Crippen LogP contribution in [0.2, 0.25) is 0 Å². The SMILES string of the molecule is CCOc1ccc(CNC(=O)C2CCN(Cc3nc(-c4cccc(C)c4)no3)CC2)cc1. The number of amides is 1. The molecule has 0 unspecified atom stereocenters. The van der Waals surface area contributed by atoms with Gasteiger partial charge in [0, 0.05) is 18.0 Å². The van der Waals surface area contributed by atoms with Crippen LogP contribution in [-0.4, -0.2) is 40.6 Å². The van der Waals surface area contributed by atoms with E-state index in [0.29, 0.717) is 31.4 Å². The minimum atomic E-state index is 0.0412. The molecule has 0 spiro atoms. The van der Waals surface area contributed by atoms with Gasteiger partial charge in [0.25, 0.3) is 0 Å². The Labute approximate surface area is 188 Å². The van der Waals surface area contributed by atoms with Gasteiger partial charge in [-0.25, -0.2) is 0 Å². The molecule has 1 amide bonds. The number of carbonyl (C=O) groups is 1. The van der Waals surface area contributed by atoms with Gasteiger partial charge in [-0.05, 0) is 63.5 Å². The van der Waals surface area contributed by atoms with Crippen LogP contribution in [0.3, 0.4) is 0 Å². The number of hydrogen-bond acceptors (Lipinski definition) is 6. The number of carbonyl (C=O) groups excluding carboxylic acids is 1. The number of rotatable bonds is 8. The van der Waals surface area contributed by atoms with E-state index < -0.39 is 0 Å². The summed E-state index contributed by atoms with van der Waals surface area (Å²) in [5, 5.41) is 7.19. The Morgan fingerprint density at radius 1 is 1.19 bits per heavy atom. The van der Waals surface area contributed by atoms with Crippen LogP contribution in [0.1, 0.15) is 36.8 Å². The van der Waals surface area contributed by atoms with E-state index in [2.05, 4.69) is 20.4 Å². The zero-order chi connectivity index (χ0) is 22.3. The van der Waals surface area contributed by atoms with Gasteiger partial charge in [0.2, 0.25) is 17.6 Å². The van der Waals surface area contributed by atoms with Crippen molar-refractivity contribution < 1.29 is 14.1 Å². The fraction of sp³-hybridized carbons (Fsp3) is 0.400. The molecule has 1 saturated heterocycles. The predicted octanol–water partition coefficient (Wildman–Crippen LogP) is 3.97. The quantitative estimate of drug-likeness (QED) is 0.578. The molecular weight excluding hydrogens is 404 g/mol. The Balaban J connectivity index is 1.22. The molecule has 1 aliphatic heterocycles. The van der Waals surface area contributed by atoms with E-state index in [1.54, 1.807) is 0 Å². The molecule has 0 atom stereocenters.